The molecule has 0 atom stereocenters. The van der Waals surface area contributed by atoms with E-state index in [4.69, 9.17) is 21.4 Å². The van der Waals surface area contributed by atoms with Crippen LogP contribution < -0.4 is 5.32 Å². The van der Waals surface area contributed by atoms with Crippen molar-refractivity contribution in [1.82, 2.24) is 10.3 Å². The van der Waals surface area contributed by atoms with Crippen LogP contribution in [0.4, 0.5) is 4.79 Å². The van der Waals surface area contributed by atoms with E-state index in [1.807, 2.05) is 30.3 Å². The van der Waals surface area contributed by atoms with Crippen molar-refractivity contribution in [2.75, 3.05) is 6.54 Å². The first-order chi connectivity index (χ1) is 12.1. The number of alkyl carbamates (subject to hydrolysis) is 1. The Labute approximate surface area is 149 Å². The molecule has 1 aromatic carbocycles. The minimum absolute atomic E-state index is 0.0105. The average Bonchev–Trinajstić information content (AvgIpc) is 2.61. The number of nitrogens with zero attached hydrogens (tertiary/aromatic N) is 1. The second-order valence-electron chi connectivity index (χ2n) is 4.91. The molecule has 7 heteroatoms. The fraction of sp³-hybridized carbons (Fsp3) is 0.167. The van der Waals surface area contributed by atoms with E-state index < -0.39 is 12.1 Å². The molecular formula is C18H15ClN2O4. The number of pyridine rings is 1. The second-order valence-corrected chi connectivity index (χ2v) is 5.27. The van der Waals surface area contributed by atoms with Gasteiger partial charge in [0.15, 0.2) is 0 Å². The number of nitrogens with one attached hydrogen (secondary N) is 1. The quantitative estimate of drug-likeness (QED) is 0.487. The molecule has 2 rings (SSSR count). The van der Waals surface area contributed by atoms with Crippen LogP contribution in [0.5, 0.6) is 0 Å². The lowest BCUT2D eigenvalue weighted by Crippen LogP contribution is -2.24. The summed E-state index contributed by atoms with van der Waals surface area (Å²) in [6, 6.07) is 10.7. The Morgan fingerprint density at radius 3 is 2.76 bits per heavy atom. The van der Waals surface area contributed by atoms with Crippen molar-refractivity contribution < 1.29 is 19.4 Å². The van der Waals surface area contributed by atoms with Crippen LogP contribution in [0.25, 0.3) is 0 Å². The van der Waals surface area contributed by atoms with Crippen LogP contribution in [-0.2, 0) is 11.3 Å². The molecular weight excluding hydrogens is 344 g/mol. The van der Waals surface area contributed by atoms with Crippen LogP contribution in [0.1, 0.15) is 27.9 Å². The Bertz CT molecular complexity index is 813. The average molecular weight is 359 g/mol. The van der Waals surface area contributed by atoms with Crippen LogP contribution in [0, 0.1) is 11.8 Å². The van der Waals surface area contributed by atoms with Crippen molar-refractivity contribution in [2.24, 2.45) is 0 Å². The SMILES string of the molecule is O=C(NCCC#Cc1cc(C(=O)O)cnc1Cl)OCc1ccccc1. The number of ether oxygens (including phenoxy) is 1. The number of halogens is 1. The van der Waals surface area contributed by atoms with Crippen molar-refractivity contribution in [3.63, 3.8) is 0 Å². The molecule has 2 N–H and O–H groups in total. The molecule has 2 aromatic rings. The molecule has 0 unspecified atom stereocenters. The number of carbonyl (C=O) groups excluding carboxylic acids is 1. The van der Waals surface area contributed by atoms with Gasteiger partial charge in [0, 0.05) is 19.2 Å². The van der Waals surface area contributed by atoms with Gasteiger partial charge >= 0.3 is 12.1 Å². The van der Waals surface area contributed by atoms with Crippen LogP contribution in [0.3, 0.4) is 0 Å². The van der Waals surface area contributed by atoms with Crippen LogP contribution in [-0.4, -0.2) is 28.7 Å². The predicted molar refractivity (Wildman–Crippen MR) is 92.3 cm³/mol. The fourth-order valence-electron chi connectivity index (χ4n) is 1.81. The topological polar surface area (TPSA) is 88.5 Å². The number of carboxylic acid groups (broad SMARTS) is 1. The van der Waals surface area contributed by atoms with E-state index in [-0.39, 0.29) is 17.3 Å². The monoisotopic (exact) mass is 358 g/mol. The standard InChI is InChI=1S/C18H15ClN2O4/c19-16-14(10-15(11-21-16)17(22)23)8-4-5-9-20-18(24)25-12-13-6-2-1-3-7-13/h1-3,6-7,10-11H,5,9,12H2,(H,20,24)(H,22,23). The van der Waals surface area contributed by atoms with E-state index in [0.29, 0.717) is 18.5 Å². The summed E-state index contributed by atoms with van der Waals surface area (Å²) in [6.07, 6.45) is 0.993. The number of aromatic carboxylic acids is 1. The Balaban J connectivity index is 1.76. The van der Waals surface area contributed by atoms with E-state index in [2.05, 4.69) is 22.1 Å². The zero-order valence-electron chi connectivity index (χ0n) is 13.2. The number of aromatic nitrogens is 1. The third-order valence-electron chi connectivity index (χ3n) is 3.04. The molecule has 6 nitrogen and oxygen atoms in total. The maximum Gasteiger partial charge on any atom is 0.407 e. The Morgan fingerprint density at radius 2 is 2.04 bits per heavy atom. The van der Waals surface area contributed by atoms with Gasteiger partial charge in [-0.2, -0.15) is 0 Å². The Morgan fingerprint density at radius 1 is 1.28 bits per heavy atom. The van der Waals surface area contributed by atoms with Crippen LogP contribution in [0.2, 0.25) is 5.15 Å². The van der Waals surface area contributed by atoms with Crippen LogP contribution >= 0.6 is 11.6 Å². The smallest absolute Gasteiger partial charge is 0.407 e. The first-order valence-electron chi connectivity index (χ1n) is 7.38. The van der Waals surface area contributed by atoms with Gasteiger partial charge < -0.3 is 15.2 Å². The molecule has 0 aliphatic rings. The van der Waals surface area contributed by atoms with E-state index in [0.717, 1.165) is 5.56 Å². The molecule has 0 radical (unpaired) electrons. The first-order valence-corrected chi connectivity index (χ1v) is 7.76. The summed E-state index contributed by atoms with van der Waals surface area (Å²) in [7, 11) is 0. The molecule has 0 saturated carbocycles. The molecule has 0 aliphatic carbocycles. The summed E-state index contributed by atoms with van der Waals surface area (Å²) in [5.74, 6) is 4.44. The van der Waals surface area contributed by atoms with Gasteiger partial charge in [0.25, 0.3) is 0 Å². The van der Waals surface area contributed by atoms with Gasteiger partial charge in [-0.05, 0) is 11.6 Å². The number of hydrogen-bond acceptors (Lipinski definition) is 4. The normalized spacial score (nSPS) is 9.64. The molecule has 1 amide bonds. The summed E-state index contributed by atoms with van der Waals surface area (Å²) >= 11 is 5.87. The summed E-state index contributed by atoms with van der Waals surface area (Å²) in [5, 5.41) is 11.6. The minimum Gasteiger partial charge on any atom is -0.478 e. The van der Waals surface area contributed by atoms with Crippen molar-refractivity contribution in [3.05, 3.63) is 64.4 Å². The third kappa shape index (κ3) is 6.16. The highest BCUT2D eigenvalue weighted by atomic mass is 35.5. The number of carboxylic acids is 1. The lowest BCUT2D eigenvalue weighted by Gasteiger charge is -2.05. The summed E-state index contributed by atoms with van der Waals surface area (Å²) in [5.41, 5.74) is 1.24. The van der Waals surface area contributed by atoms with Gasteiger partial charge in [0.2, 0.25) is 0 Å². The molecule has 0 fully saturated rings. The highest BCUT2D eigenvalue weighted by Gasteiger charge is 2.06. The largest absolute Gasteiger partial charge is 0.478 e. The number of rotatable bonds is 5. The third-order valence-corrected chi connectivity index (χ3v) is 3.34. The predicted octanol–water partition coefficient (Wildman–Crippen LogP) is 3.10. The molecule has 1 heterocycles. The first kappa shape index (κ1) is 18.3. The van der Waals surface area contributed by atoms with Gasteiger partial charge in [0.05, 0.1) is 11.1 Å². The lowest BCUT2D eigenvalue weighted by atomic mass is 10.2. The maximum absolute atomic E-state index is 11.5. The van der Waals surface area contributed by atoms with Crippen molar-refractivity contribution in [1.29, 1.82) is 0 Å². The molecule has 0 spiro atoms. The summed E-state index contributed by atoms with van der Waals surface area (Å²) < 4.78 is 5.06. The molecule has 25 heavy (non-hydrogen) atoms. The number of carbonyl (C=O) groups is 2. The Hall–Kier alpha value is -3.04. The number of hydrogen-bond donors (Lipinski definition) is 2. The highest BCUT2D eigenvalue weighted by molar-refractivity contribution is 6.30. The van der Waals surface area contributed by atoms with E-state index >= 15 is 0 Å². The summed E-state index contributed by atoms with van der Waals surface area (Å²) in [4.78, 5) is 26.2. The maximum atomic E-state index is 11.5. The van der Waals surface area contributed by atoms with Gasteiger partial charge in [-0.15, -0.1) is 0 Å². The van der Waals surface area contributed by atoms with Crippen molar-refractivity contribution in [3.8, 4) is 11.8 Å². The summed E-state index contributed by atoms with van der Waals surface area (Å²) in [6.45, 7) is 0.492. The number of benzene rings is 1. The van der Waals surface area contributed by atoms with Gasteiger partial charge in [-0.3, -0.25) is 0 Å². The minimum atomic E-state index is -1.10. The number of amides is 1. The highest BCUT2D eigenvalue weighted by Crippen LogP contribution is 2.13. The van der Waals surface area contributed by atoms with Crippen molar-refractivity contribution in [2.45, 2.75) is 13.0 Å². The van der Waals surface area contributed by atoms with Crippen LogP contribution in [0.15, 0.2) is 42.6 Å². The zero-order valence-corrected chi connectivity index (χ0v) is 13.9. The Kier molecular flexibility index (Phi) is 6.81. The van der Waals surface area contributed by atoms with Crippen molar-refractivity contribution >= 4 is 23.7 Å². The van der Waals surface area contributed by atoms with E-state index in [9.17, 15) is 9.59 Å². The molecule has 1 aromatic heterocycles. The zero-order chi connectivity index (χ0) is 18.1. The fourth-order valence-corrected chi connectivity index (χ4v) is 1.96. The van der Waals surface area contributed by atoms with E-state index in [1.165, 1.54) is 12.3 Å². The molecule has 0 aliphatic heterocycles. The lowest BCUT2D eigenvalue weighted by molar-refractivity contribution is 0.0696. The van der Waals surface area contributed by atoms with E-state index in [1.54, 1.807) is 0 Å². The molecule has 0 saturated heterocycles. The molecule has 0 bridgehead atoms. The van der Waals surface area contributed by atoms with Gasteiger partial charge in [-0.1, -0.05) is 53.8 Å². The second kappa shape index (κ2) is 9.30. The van der Waals surface area contributed by atoms with Gasteiger partial charge in [0.1, 0.15) is 11.8 Å². The molecule has 128 valence electrons. The van der Waals surface area contributed by atoms with Gasteiger partial charge in [-0.25, -0.2) is 14.6 Å².